The van der Waals surface area contributed by atoms with Gasteiger partial charge in [0.2, 0.25) is 0 Å². The number of fused-ring (bicyclic) bond motifs is 1. The first-order valence-electron chi connectivity index (χ1n) is 14.6. The average Bonchev–Trinajstić information content (AvgIpc) is 3.40. The molecule has 6 rings (SSSR count). The van der Waals surface area contributed by atoms with Gasteiger partial charge >= 0.3 is 20.1 Å². The quantitative estimate of drug-likeness (QED) is 0.207. The van der Waals surface area contributed by atoms with Crippen molar-refractivity contribution in [3.8, 4) is 11.3 Å². The molecule has 222 valence electrons. The molecule has 42 heavy (non-hydrogen) atoms. The SMILES string of the molecule is CC(O)CC(C)O.CN1[CH-]N(c2[c-]cccc2)C=C1C1CCCCC1.[Ir+3].[c-]1ccccc1-c1nccc2ccccc12. The fourth-order valence-electron chi connectivity index (χ4n) is 5.36. The van der Waals surface area contributed by atoms with Gasteiger partial charge in [0.1, 0.15) is 0 Å². The molecule has 2 N–H and O–H groups in total. The number of aliphatic hydroxyl groups excluding tert-OH is 2. The van der Waals surface area contributed by atoms with Gasteiger partial charge in [-0.05, 0) is 74.8 Å². The Morgan fingerprint density at radius 1 is 0.881 bits per heavy atom. The number of allylic oxidation sites excluding steroid dienone is 1. The monoisotopic (exact) mass is 741 g/mol. The summed E-state index contributed by atoms with van der Waals surface area (Å²) in [4.78, 5) is 8.90. The van der Waals surface area contributed by atoms with E-state index in [1.165, 1.54) is 48.6 Å². The van der Waals surface area contributed by atoms with Crippen LogP contribution in [0.25, 0.3) is 22.0 Å². The molecule has 4 aromatic rings. The van der Waals surface area contributed by atoms with Gasteiger partial charge in [-0.3, -0.25) is 0 Å². The third-order valence-electron chi connectivity index (χ3n) is 7.29. The maximum Gasteiger partial charge on any atom is 3.00 e. The second-order valence-electron chi connectivity index (χ2n) is 10.9. The Morgan fingerprint density at radius 3 is 2.17 bits per heavy atom. The van der Waals surface area contributed by atoms with E-state index in [0.717, 1.165) is 22.9 Å². The van der Waals surface area contributed by atoms with Crippen molar-refractivity contribution in [1.82, 2.24) is 9.88 Å². The number of hydrogen-bond acceptors (Lipinski definition) is 5. The second-order valence-corrected chi connectivity index (χ2v) is 10.9. The molecule has 1 aliphatic carbocycles. The molecular weight excluding hydrogens is 699 g/mol. The number of aromatic nitrogens is 1. The maximum atomic E-state index is 8.56. The van der Waals surface area contributed by atoms with Crippen molar-refractivity contribution in [3.63, 3.8) is 0 Å². The maximum absolute atomic E-state index is 8.56. The van der Waals surface area contributed by atoms with Gasteiger partial charge < -0.3 is 25.0 Å². The molecule has 0 amide bonds. The number of hydrogen-bond donors (Lipinski definition) is 2. The standard InChI is InChI=1S/C16H20N2.C15H10N.C5H12O2.Ir/c1-17-13-18(15-10-6-3-7-11-15)12-16(17)14-8-4-2-5-9-14;1-2-7-13(8-3-1)15-14-9-5-4-6-12(14)10-11-16-15;1-4(6)3-5(2)7;/h3,6-7,10,12-14H,2,4-5,8-9H2,1H3;1-7,9-11H;4-7H,3H2,1-2H3;/q-2;-1;;+3. The number of benzene rings is 3. The summed E-state index contributed by atoms with van der Waals surface area (Å²) in [6, 6.07) is 32.9. The Labute approximate surface area is 265 Å². The minimum atomic E-state index is -0.375. The molecule has 1 aromatic heterocycles. The van der Waals surface area contributed by atoms with Gasteiger partial charge in [0.15, 0.2) is 0 Å². The van der Waals surface area contributed by atoms with E-state index >= 15 is 0 Å². The molecule has 5 nitrogen and oxygen atoms in total. The zero-order valence-electron chi connectivity index (χ0n) is 24.8. The second kappa shape index (κ2) is 17.2. The van der Waals surface area contributed by atoms with Crippen LogP contribution in [0.15, 0.2) is 97.0 Å². The van der Waals surface area contributed by atoms with Crippen molar-refractivity contribution in [2.75, 3.05) is 11.9 Å². The van der Waals surface area contributed by atoms with E-state index in [9.17, 15) is 0 Å². The Balaban J connectivity index is 0.000000187. The van der Waals surface area contributed by atoms with E-state index < -0.39 is 0 Å². The van der Waals surface area contributed by atoms with Gasteiger partial charge in [-0.1, -0.05) is 43.5 Å². The number of rotatable bonds is 5. The van der Waals surface area contributed by atoms with Gasteiger partial charge in [0.05, 0.1) is 12.2 Å². The van der Waals surface area contributed by atoms with Crippen LogP contribution in [0.2, 0.25) is 0 Å². The van der Waals surface area contributed by atoms with Crippen LogP contribution in [0.3, 0.4) is 0 Å². The summed E-state index contributed by atoms with van der Waals surface area (Å²) in [7, 11) is 2.16. The zero-order valence-corrected chi connectivity index (χ0v) is 27.2. The molecular formula is C36H42IrN3O2. The van der Waals surface area contributed by atoms with Crippen LogP contribution in [-0.2, 0) is 20.1 Å². The first-order valence-corrected chi connectivity index (χ1v) is 14.6. The molecule has 2 heterocycles. The van der Waals surface area contributed by atoms with Crippen LogP contribution in [0.4, 0.5) is 5.69 Å². The smallest absolute Gasteiger partial charge is 0.508 e. The Kier molecular flexibility index (Phi) is 13.7. The molecule has 2 atom stereocenters. The van der Waals surface area contributed by atoms with Crippen molar-refractivity contribution < 1.29 is 30.3 Å². The Hall–Kier alpha value is -3.02. The van der Waals surface area contributed by atoms with Crippen molar-refractivity contribution >= 4 is 16.5 Å². The number of pyridine rings is 1. The normalized spacial score (nSPS) is 16.3. The number of para-hydroxylation sites is 1. The molecule has 6 heteroatoms. The predicted octanol–water partition coefficient (Wildman–Crippen LogP) is 7.62. The molecule has 2 aliphatic rings. The van der Waals surface area contributed by atoms with Crippen molar-refractivity contribution in [2.45, 2.75) is 64.6 Å². The van der Waals surface area contributed by atoms with Crippen LogP contribution in [0.1, 0.15) is 52.4 Å². The summed E-state index contributed by atoms with van der Waals surface area (Å²) < 4.78 is 0. The van der Waals surface area contributed by atoms with Gasteiger partial charge in [0, 0.05) is 11.9 Å². The minimum Gasteiger partial charge on any atom is -0.508 e. The van der Waals surface area contributed by atoms with E-state index in [1.54, 1.807) is 13.8 Å². The van der Waals surface area contributed by atoms with Crippen LogP contribution in [-0.4, -0.2) is 39.4 Å². The fraction of sp³-hybridized carbons (Fsp3) is 0.333. The molecule has 0 bridgehead atoms. The van der Waals surface area contributed by atoms with E-state index in [-0.39, 0.29) is 32.3 Å². The van der Waals surface area contributed by atoms with Crippen molar-refractivity contribution in [2.24, 2.45) is 5.92 Å². The fourth-order valence-corrected chi connectivity index (χ4v) is 5.36. The zero-order chi connectivity index (χ0) is 29.0. The number of anilines is 1. The first-order chi connectivity index (χ1) is 19.9. The molecule has 2 unspecified atom stereocenters. The molecule has 0 saturated heterocycles. The van der Waals surface area contributed by atoms with E-state index in [1.807, 2.05) is 60.8 Å². The Bertz CT molecular complexity index is 1340. The third-order valence-corrected chi connectivity index (χ3v) is 7.29. The predicted molar refractivity (Wildman–Crippen MR) is 168 cm³/mol. The molecule has 1 fully saturated rings. The van der Waals surface area contributed by atoms with Crippen molar-refractivity contribution in [1.29, 1.82) is 0 Å². The summed E-state index contributed by atoms with van der Waals surface area (Å²) in [5.41, 5.74) is 4.63. The van der Waals surface area contributed by atoms with Crippen molar-refractivity contribution in [3.05, 3.63) is 116 Å². The summed E-state index contributed by atoms with van der Waals surface area (Å²) in [6.07, 6.45) is 10.7. The van der Waals surface area contributed by atoms with Crippen LogP contribution in [0.5, 0.6) is 0 Å². The van der Waals surface area contributed by atoms with E-state index in [4.69, 9.17) is 10.2 Å². The van der Waals surface area contributed by atoms with E-state index in [0.29, 0.717) is 6.42 Å². The first kappa shape index (κ1) is 33.5. The largest absolute Gasteiger partial charge is 3.00 e. The molecule has 0 spiro atoms. The number of aliphatic hydroxyl groups is 2. The summed E-state index contributed by atoms with van der Waals surface area (Å²) in [6.45, 7) is 5.48. The van der Waals surface area contributed by atoms with E-state index in [2.05, 4.69) is 71.1 Å². The topological polar surface area (TPSA) is 59.8 Å². The number of nitrogens with zero attached hydrogens (tertiary/aromatic N) is 3. The van der Waals surface area contributed by atoms with Gasteiger partial charge in [-0.2, -0.15) is 37.0 Å². The Morgan fingerprint density at radius 2 is 1.55 bits per heavy atom. The minimum absolute atomic E-state index is 0. The summed E-state index contributed by atoms with van der Waals surface area (Å²) in [5.74, 6) is 0.744. The molecule has 1 aliphatic heterocycles. The third kappa shape index (κ3) is 9.78. The molecule has 1 saturated carbocycles. The summed E-state index contributed by atoms with van der Waals surface area (Å²) in [5, 5.41) is 19.5. The van der Waals surface area contributed by atoms with Crippen LogP contribution >= 0.6 is 0 Å². The van der Waals surface area contributed by atoms with Crippen LogP contribution < -0.4 is 4.90 Å². The molecule has 3 aromatic carbocycles. The summed E-state index contributed by atoms with van der Waals surface area (Å²) >= 11 is 0. The molecule has 0 radical (unpaired) electrons. The average molecular weight is 741 g/mol. The van der Waals surface area contributed by atoms with Gasteiger partial charge in [-0.15, -0.1) is 41.6 Å². The van der Waals surface area contributed by atoms with Crippen LogP contribution in [0, 0.1) is 24.7 Å². The van der Waals surface area contributed by atoms with Gasteiger partial charge in [0.25, 0.3) is 0 Å². The van der Waals surface area contributed by atoms with Gasteiger partial charge in [-0.25, -0.2) is 0 Å².